The van der Waals surface area contributed by atoms with E-state index >= 15 is 0 Å². The Balaban J connectivity index is 1.31. The number of hydrogen-bond donors (Lipinski definition) is 0. The number of nitrogens with zero attached hydrogens (tertiary/aromatic N) is 3. The van der Waals surface area contributed by atoms with Gasteiger partial charge in [0.05, 0.1) is 11.6 Å². The first-order valence-corrected chi connectivity index (χ1v) is 9.25. The van der Waals surface area contributed by atoms with Crippen molar-refractivity contribution in [3.05, 3.63) is 24.6 Å². The fourth-order valence-corrected chi connectivity index (χ4v) is 3.94. The molecule has 1 amide bonds. The van der Waals surface area contributed by atoms with Gasteiger partial charge in [-0.15, -0.1) is 0 Å². The van der Waals surface area contributed by atoms with Crippen molar-refractivity contribution in [2.45, 2.75) is 38.0 Å². The van der Waals surface area contributed by atoms with E-state index in [0.29, 0.717) is 12.3 Å². The van der Waals surface area contributed by atoms with E-state index in [1.807, 2.05) is 12.1 Å². The van der Waals surface area contributed by atoms with Crippen LogP contribution in [-0.2, 0) is 4.79 Å². The number of carbonyl (C=O) groups excluding carboxylic acids is 1. The number of rotatable bonds is 3. The molecular weight excluding hydrogens is 340 g/mol. The van der Waals surface area contributed by atoms with Crippen LogP contribution in [0.15, 0.2) is 29.0 Å². The number of halogens is 2. The van der Waals surface area contributed by atoms with Gasteiger partial charge in [0.2, 0.25) is 5.91 Å². The summed E-state index contributed by atoms with van der Waals surface area (Å²) >= 11 is 0. The Morgan fingerprint density at radius 2 is 1.92 bits per heavy atom. The molecule has 26 heavy (non-hydrogen) atoms. The molecule has 0 spiro atoms. The number of piperidine rings is 2. The van der Waals surface area contributed by atoms with Crippen molar-refractivity contribution in [1.29, 1.82) is 0 Å². The number of hydrogen-bond acceptors (Lipinski definition) is 4. The van der Waals surface area contributed by atoms with E-state index in [0.717, 1.165) is 42.7 Å². The molecule has 2 saturated heterocycles. The van der Waals surface area contributed by atoms with Gasteiger partial charge in [0.15, 0.2) is 0 Å². The number of alkyl halides is 2. The summed E-state index contributed by atoms with van der Waals surface area (Å²) in [7, 11) is 0. The van der Waals surface area contributed by atoms with Gasteiger partial charge in [-0.3, -0.25) is 4.79 Å². The van der Waals surface area contributed by atoms with Crippen LogP contribution in [0.2, 0.25) is 0 Å². The highest BCUT2D eigenvalue weighted by molar-refractivity contribution is 5.88. The van der Waals surface area contributed by atoms with Crippen LogP contribution in [0.3, 0.4) is 0 Å². The minimum atomic E-state index is -2.61. The topological polar surface area (TPSA) is 49.6 Å². The highest BCUT2D eigenvalue weighted by Gasteiger charge is 2.36. The molecule has 5 nitrogen and oxygen atoms in total. The summed E-state index contributed by atoms with van der Waals surface area (Å²) < 4.78 is 31.9. The SMILES string of the molecule is O=C(CC1CCN(c2nccc3occc23)CC1)N1CCC(F)(F)CC1. The number of carbonyl (C=O) groups is 1. The van der Waals surface area contributed by atoms with Crippen LogP contribution in [0.4, 0.5) is 14.6 Å². The molecule has 4 rings (SSSR count). The van der Waals surface area contributed by atoms with Crippen molar-refractivity contribution in [2.75, 3.05) is 31.1 Å². The second kappa shape index (κ2) is 6.85. The molecule has 2 aliphatic heterocycles. The second-order valence-corrected chi connectivity index (χ2v) is 7.34. The molecule has 4 heterocycles. The van der Waals surface area contributed by atoms with Gasteiger partial charge in [0, 0.05) is 51.6 Å². The Morgan fingerprint density at radius 1 is 1.19 bits per heavy atom. The Hall–Kier alpha value is -2.18. The molecule has 0 unspecified atom stereocenters. The van der Waals surface area contributed by atoms with Gasteiger partial charge in [-0.05, 0) is 30.9 Å². The maximum Gasteiger partial charge on any atom is 0.251 e. The van der Waals surface area contributed by atoms with E-state index in [-0.39, 0.29) is 31.8 Å². The van der Waals surface area contributed by atoms with Crippen LogP contribution >= 0.6 is 0 Å². The third-order valence-corrected chi connectivity index (χ3v) is 5.58. The minimum Gasteiger partial charge on any atom is -0.464 e. The lowest BCUT2D eigenvalue weighted by Gasteiger charge is -2.35. The lowest BCUT2D eigenvalue weighted by Crippen LogP contribution is -2.44. The molecular formula is C19H23F2N3O2. The molecule has 0 aromatic carbocycles. The Bertz CT molecular complexity index is 774. The van der Waals surface area contributed by atoms with Gasteiger partial charge >= 0.3 is 0 Å². The summed E-state index contributed by atoms with van der Waals surface area (Å²) in [4.78, 5) is 20.8. The first-order chi connectivity index (χ1) is 12.5. The predicted molar refractivity (Wildman–Crippen MR) is 94.3 cm³/mol. The molecule has 0 saturated carbocycles. The largest absolute Gasteiger partial charge is 0.464 e. The summed E-state index contributed by atoms with van der Waals surface area (Å²) in [5.74, 6) is -1.35. The summed E-state index contributed by atoms with van der Waals surface area (Å²) in [6.07, 6.45) is 5.28. The van der Waals surface area contributed by atoms with Gasteiger partial charge in [0.25, 0.3) is 5.92 Å². The molecule has 7 heteroatoms. The molecule has 2 aromatic heterocycles. The fourth-order valence-electron chi connectivity index (χ4n) is 3.94. The van der Waals surface area contributed by atoms with E-state index in [9.17, 15) is 13.6 Å². The third-order valence-electron chi connectivity index (χ3n) is 5.58. The van der Waals surface area contributed by atoms with Gasteiger partial charge in [-0.25, -0.2) is 13.8 Å². The smallest absolute Gasteiger partial charge is 0.251 e. The van der Waals surface area contributed by atoms with E-state index in [1.165, 1.54) is 0 Å². The van der Waals surface area contributed by atoms with Gasteiger partial charge < -0.3 is 14.2 Å². The van der Waals surface area contributed by atoms with Crippen molar-refractivity contribution < 1.29 is 18.0 Å². The van der Waals surface area contributed by atoms with Crippen LogP contribution < -0.4 is 4.90 Å². The summed E-state index contributed by atoms with van der Waals surface area (Å²) in [5.41, 5.74) is 0.828. The molecule has 0 radical (unpaired) electrons. The Kier molecular flexibility index (Phi) is 4.54. The number of pyridine rings is 1. The zero-order valence-corrected chi connectivity index (χ0v) is 14.7. The van der Waals surface area contributed by atoms with Crippen LogP contribution in [0.1, 0.15) is 32.1 Å². The normalized spacial score (nSPS) is 21.3. The van der Waals surface area contributed by atoms with E-state index < -0.39 is 5.92 Å². The molecule has 2 aliphatic rings. The van der Waals surface area contributed by atoms with E-state index in [2.05, 4.69) is 9.88 Å². The maximum atomic E-state index is 13.2. The quantitative estimate of drug-likeness (QED) is 0.835. The first kappa shape index (κ1) is 17.2. The van der Waals surface area contributed by atoms with E-state index in [4.69, 9.17) is 4.42 Å². The third kappa shape index (κ3) is 3.52. The molecule has 0 N–H and O–H groups in total. The lowest BCUT2D eigenvalue weighted by molar-refractivity contribution is -0.138. The highest BCUT2D eigenvalue weighted by Crippen LogP contribution is 2.31. The Morgan fingerprint density at radius 3 is 2.65 bits per heavy atom. The average Bonchev–Trinajstić information content (AvgIpc) is 3.11. The highest BCUT2D eigenvalue weighted by atomic mass is 19.3. The fraction of sp³-hybridized carbons (Fsp3) is 0.579. The van der Waals surface area contributed by atoms with Crippen molar-refractivity contribution in [3.8, 4) is 0 Å². The predicted octanol–water partition coefficient (Wildman–Crippen LogP) is 3.69. The molecule has 2 fully saturated rings. The van der Waals surface area contributed by atoms with Crippen molar-refractivity contribution in [3.63, 3.8) is 0 Å². The van der Waals surface area contributed by atoms with Gasteiger partial charge in [-0.1, -0.05) is 0 Å². The first-order valence-electron chi connectivity index (χ1n) is 9.25. The second-order valence-electron chi connectivity index (χ2n) is 7.34. The van der Waals surface area contributed by atoms with Crippen molar-refractivity contribution >= 4 is 22.7 Å². The summed E-state index contributed by atoms with van der Waals surface area (Å²) in [6, 6.07) is 3.78. The average molecular weight is 363 g/mol. The Labute approximate surface area is 151 Å². The standard InChI is InChI=1S/C19H23F2N3O2/c20-19(21)5-10-23(11-6-19)17(25)13-14-2-8-24(9-3-14)18-15-4-12-26-16(15)1-7-22-18/h1,4,7,12,14H,2-3,5-6,8-11,13H2. The number of aromatic nitrogens is 1. The zero-order valence-electron chi connectivity index (χ0n) is 14.7. The van der Waals surface area contributed by atoms with Crippen LogP contribution in [0.5, 0.6) is 0 Å². The number of amides is 1. The van der Waals surface area contributed by atoms with Crippen molar-refractivity contribution in [2.24, 2.45) is 5.92 Å². The van der Waals surface area contributed by atoms with E-state index in [1.54, 1.807) is 17.4 Å². The molecule has 2 aromatic rings. The maximum absolute atomic E-state index is 13.2. The van der Waals surface area contributed by atoms with Crippen molar-refractivity contribution in [1.82, 2.24) is 9.88 Å². The summed E-state index contributed by atoms with van der Waals surface area (Å²) in [5, 5.41) is 1.01. The number of fused-ring (bicyclic) bond motifs is 1. The number of likely N-dealkylation sites (tertiary alicyclic amines) is 1. The van der Waals surface area contributed by atoms with Gasteiger partial charge in [0.1, 0.15) is 11.4 Å². The van der Waals surface area contributed by atoms with Crippen LogP contribution in [0.25, 0.3) is 11.0 Å². The van der Waals surface area contributed by atoms with Crippen LogP contribution in [0, 0.1) is 5.92 Å². The van der Waals surface area contributed by atoms with Crippen LogP contribution in [-0.4, -0.2) is 47.9 Å². The molecule has 140 valence electrons. The number of anilines is 1. The van der Waals surface area contributed by atoms with Gasteiger partial charge in [-0.2, -0.15) is 0 Å². The molecule has 0 aliphatic carbocycles. The molecule has 0 atom stereocenters. The lowest BCUT2D eigenvalue weighted by atomic mass is 9.92. The number of furan rings is 1. The monoisotopic (exact) mass is 363 g/mol. The summed E-state index contributed by atoms with van der Waals surface area (Å²) in [6.45, 7) is 2.04. The minimum absolute atomic E-state index is 0.0222. The zero-order chi connectivity index (χ0) is 18.1. The molecule has 0 bridgehead atoms.